The van der Waals surface area contributed by atoms with Gasteiger partial charge in [0.2, 0.25) is 5.91 Å². The van der Waals surface area contributed by atoms with E-state index in [2.05, 4.69) is 17.6 Å². The van der Waals surface area contributed by atoms with Crippen molar-refractivity contribution in [2.24, 2.45) is 0 Å². The van der Waals surface area contributed by atoms with Gasteiger partial charge in [-0.05, 0) is 32.0 Å². The van der Waals surface area contributed by atoms with Gasteiger partial charge in [-0.3, -0.25) is 4.79 Å². The van der Waals surface area contributed by atoms with Crippen LogP contribution in [-0.2, 0) is 4.79 Å². The van der Waals surface area contributed by atoms with Gasteiger partial charge in [0, 0.05) is 18.5 Å². The first-order valence-corrected chi connectivity index (χ1v) is 6.86. The Labute approximate surface area is 120 Å². The van der Waals surface area contributed by atoms with Gasteiger partial charge in [-0.25, -0.2) is 0 Å². The molecule has 0 aliphatic carbocycles. The van der Waals surface area contributed by atoms with E-state index in [0.29, 0.717) is 23.6 Å². The summed E-state index contributed by atoms with van der Waals surface area (Å²) in [7, 11) is 3.16. The van der Waals surface area contributed by atoms with Crippen LogP contribution in [0.4, 0.5) is 5.69 Å². The number of carbonyl (C=O) groups excluding carboxylic acids is 1. The van der Waals surface area contributed by atoms with E-state index in [1.54, 1.807) is 32.4 Å². The van der Waals surface area contributed by atoms with Crippen molar-refractivity contribution in [2.75, 3.05) is 26.1 Å². The number of anilines is 1. The largest absolute Gasteiger partial charge is 0.497 e. The molecule has 112 valence electrons. The van der Waals surface area contributed by atoms with E-state index in [4.69, 9.17) is 9.47 Å². The van der Waals surface area contributed by atoms with E-state index in [1.807, 2.05) is 6.92 Å². The third-order valence-electron chi connectivity index (χ3n) is 2.92. The molecule has 1 amide bonds. The molecule has 0 spiro atoms. The Hall–Kier alpha value is -1.75. The molecule has 1 aromatic carbocycles. The van der Waals surface area contributed by atoms with Crippen molar-refractivity contribution in [3.8, 4) is 11.5 Å². The number of benzene rings is 1. The maximum atomic E-state index is 12.0. The normalized spacial score (nSPS) is 11.8. The van der Waals surface area contributed by atoms with Gasteiger partial charge < -0.3 is 20.1 Å². The number of carbonyl (C=O) groups is 1. The summed E-state index contributed by atoms with van der Waals surface area (Å²) in [5, 5.41) is 6.14. The van der Waals surface area contributed by atoms with Gasteiger partial charge in [0.1, 0.15) is 11.5 Å². The smallest absolute Gasteiger partial charge is 0.226 e. The average molecular weight is 280 g/mol. The van der Waals surface area contributed by atoms with Crippen molar-refractivity contribution in [1.29, 1.82) is 0 Å². The van der Waals surface area contributed by atoms with Crippen LogP contribution in [0.2, 0.25) is 0 Å². The quantitative estimate of drug-likeness (QED) is 0.768. The summed E-state index contributed by atoms with van der Waals surface area (Å²) >= 11 is 0. The number of amides is 1. The molecule has 0 radical (unpaired) electrons. The second-order valence-electron chi connectivity index (χ2n) is 4.67. The van der Waals surface area contributed by atoms with Crippen molar-refractivity contribution < 1.29 is 14.3 Å². The minimum Gasteiger partial charge on any atom is -0.497 e. The summed E-state index contributed by atoms with van der Waals surface area (Å²) in [6, 6.07) is 5.46. The summed E-state index contributed by atoms with van der Waals surface area (Å²) < 4.78 is 10.4. The molecule has 0 fully saturated rings. The molecule has 1 rings (SSSR count). The fraction of sp³-hybridized carbons (Fsp3) is 0.533. The standard InChI is InChI=1S/C15H24N2O3/c1-5-8-16-11(2)9-15(18)17-13-7-6-12(19-3)10-14(13)20-4/h6-7,10-11,16H,5,8-9H2,1-4H3,(H,17,18). The van der Waals surface area contributed by atoms with E-state index < -0.39 is 0 Å². The molecule has 1 atom stereocenters. The lowest BCUT2D eigenvalue weighted by molar-refractivity contribution is -0.116. The molecule has 2 N–H and O–H groups in total. The highest BCUT2D eigenvalue weighted by Crippen LogP contribution is 2.29. The van der Waals surface area contributed by atoms with Crippen LogP contribution in [-0.4, -0.2) is 32.7 Å². The minimum absolute atomic E-state index is 0.0374. The van der Waals surface area contributed by atoms with Gasteiger partial charge >= 0.3 is 0 Å². The number of ether oxygens (including phenoxy) is 2. The molecule has 0 aliphatic heterocycles. The molecular weight excluding hydrogens is 256 g/mol. The number of hydrogen-bond donors (Lipinski definition) is 2. The molecule has 0 aliphatic rings. The van der Waals surface area contributed by atoms with Crippen molar-refractivity contribution in [2.45, 2.75) is 32.7 Å². The third-order valence-corrected chi connectivity index (χ3v) is 2.92. The lowest BCUT2D eigenvalue weighted by Crippen LogP contribution is -2.31. The summed E-state index contributed by atoms with van der Waals surface area (Å²) in [5.74, 6) is 1.24. The first kappa shape index (κ1) is 16.3. The maximum absolute atomic E-state index is 12.0. The first-order chi connectivity index (χ1) is 9.60. The Morgan fingerprint density at radius 2 is 2.05 bits per heavy atom. The predicted octanol–water partition coefficient (Wildman–Crippen LogP) is 2.42. The molecule has 0 heterocycles. The van der Waals surface area contributed by atoms with Crippen molar-refractivity contribution >= 4 is 11.6 Å². The van der Waals surface area contributed by atoms with E-state index in [1.165, 1.54) is 0 Å². The number of hydrogen-bond acceptors (Lipinski definition) is 4. The summed E-state index contributed by atoms with van der Waals surface area (Å²) in [4.78, 5) is 12.0. The molecule has 5 nitrogen and oxygen atoms in total. The molecule has 1 unspecified atom stereocenters. The average Bonchev–Trinajstić information content (AvgIpc) is 2.45. The second kappa shape index (κ2) is 8.43. The lowest BCUT2D eigenvalue weighted by Gasteiger charge is -2.15. The van der Waals surface area contributed by atoms with E-state index in [9.17, 15) is 4.79 Å². The van der Waals surface area contributed by atoms with Crippen LogP contribution >= 0.6 is 0 Å². The second-order valence-corrected chi connectivity index (χ2v) is 4.67. The predicted molar refractivity (Wildman–Crippen MR) is 80.5 cm³/mol. The fourth-order valence-corrected chi connectivity index (χ4v) is 1.84. The van der Waals surface area contributed by atoms with Crippen LogP contribution in [0.1, 0.15) is 26.7 Å². The lowest BCUT2D eigenvalue weighted by atomic mass is 10.2. The van der Waals surface area contributed by atoms with Crippen LogP contribution in [0.15, 0.2) is 18.2 Å². The molecule has 1 aromatic rings. The molecule has 0 saturated carbocycles. The van der Waals surface area contributed by atoms with Crippen LogP contribution in [0, 0.1) is 0 Å². The molecule has 5 heteroatoms. The zero-order valence-corrected chi connectivity index (χ0v) is 12.7. The van der Waals surface area contributed by atoms with Crippen LogP contribution in [0.3, 0.4) is 0 Å². The SMILES string of the molecule is CCCNC(C)CC(=O)Nc1ccc(OC)cc1OC. The van der Waals surface area contributed by atoms with Gasteiger partial charge in [0.25, 0.3) is 0 Å². The Balaban J connectivity index is 2.61. The Bertz CT molecular complexity index is 435. The summed E-state index contributed by atoms with van der Waals surface area (Å²) in [6.45, 7) is 5.02. The number of nitrogens with one attached hydrogen (secondary N) is 2. The van der Waals surface area contributed by atoms with Gasteiger partial charge in [-0.2, -0.15) is 0 Å². The summed E-state index contributed by atoms with van der Waals surface area (Å²) in [5.41, 5.74) is 0.654. The molecule has 0 saturated heterocycles. The molecule has 0 aromatic heterocycles. The maximum Gasteiger partial charge on any atom is 0.226 e. The molecule has 20 heavy (non-hydrogen) atoms. The van der Waals surface area contributed by atoms with Crippen molar-refractivity contribution in [1.82, 2.24) is 5.32 Å². The zero-order chi connectivity index (χ0) is 15.0. The van der Waals surface area contributed by atoms with Gasteiger partial charge in [0.05, 0.1) is 19.9 Å². The third kappa shape index (κ3) is 5.09. The summed E-state index contributed by atoms with van der Waals surface area (Å²) in [6.07, 6.45) is 1.48. The van der Waals surface area contributed by atoms with Gasteiger partial charge in [-0.1, -0.05) is 6.92 Å². The highest BCUT2D eigenvalue weighted by molar-refractivity contribution is 5.92. The molecular formula is C15H24N2O3. The highest BCUT2D eigenvalue weighted by Gasteiger charge is 2.11. The van der Waals surface area contributed by atoms with E-state index in [0.717, 1.165) is 13.0 Å². The molecule has 0 bridgehead atoms. The van der Waals surface area contributed by atoms with Gasteiger partial charge in [0.15, 0.2) is 0 Å². The fourth-order valence-electron chi connectivity index (χ4n) is 1.84. The monoisotopic (exact) mass is 280 g/mol. The Morgan fingerprint density at radius 1 is 1.30 bits per heavy atom. The van der Waals surface area contributed by atoms with Crippen molar-refractivity contribution in [3.63, 3.8) is 0 Å². The Kier molecular flexibility index (Phi) is 6.87. The minimum atomic E-state index is -0.0374. The number of methoxy groups -OCH3 is 2. The van der Waals surface area contributed by atoms with Crippen molar-refractivity contribution in [3.05, 3.63) is 18.2 Å². The van der Waals surface area contributed by atoms with Crippen LogP contribution in [0.5, 0.6) is 11.5 Å². The van der Waals surface area contributed by atoms with Crippen LogP contribution < -0.4 is 20.1 Å². The van der Waals surface area contributed by atoms with Crippen LogP contribution in [0.25, 0.3) is 0 Å². The highest BCUT2D eigenvalue weighted by atomic mass is 16.5. The number of rotatable bonds is 8. The first-order valence-electron chi connectivity index (χ1n) is 6.86. The van der Waals surface area contributed by atoms with E-state index in [-0.39, 0.29) is 11.9 Å². The zero-order valence-electron chi connectivity index (χ0n) is 12.7. The van der Waals surface area contributed by atoms with Gasteiger partial charge in [-0.15, -0.1) is 0 Å². The Morgan fingerprint density at radius 3 is 2.65 bits per heavy atom. The topological polar surface area (TPSA) is 59.6 Å². The van der Waals surface area contributed by atoms with E-state index >= 15 is 0 Å².